The number of hydrogen-bond acceptors (Lipinski definition) is 3. The van der Waals surface area contributed by atoms with Crippen molar-refractivity contribution in [1.82, 2.24) is 0 Å². The summed E-state index contributed by atoms with van der Waals surface area (Å²) >= 11 is 0. The molecule has 0 unspecified atom stereocenters. The van der Waals surface area contributed by atoms with Crippen LogP contribution in [0.15, 0.2) is 36.4 Å². The Kier molecular flexibility index (Phi) is 3.15. The van der Waals surface area contributed by atoms with Crippen molar-refractivity contribution in [3.63, 3.8) is 0 Å². The molecule has 0 aromatic heterocycles. The molecule has 0 radical (unpaired) electrons. The molecule has 2 rings (SSSR count). The third kappa shape index (κ3) is 2.25. The second-order valence-corrected chi connectivity index (χ2v) is 4.63. The van der Waals surface area contributed by atoms with Crippen LogP contribution in [0.25, 0.3) is 11.1 Å². The zero-order valence-electron chi connectivity index (χ0n) is 10.4. The Morgan fingerprint density at radius 3 is 2.00 bits per heavy atom. The average Bonchev–Trinajstić information content (AvgIpc) is 2.28. The fourth-order valence-corrected chi connectivity index (χ4v) is 2.03. The molecule has 0 bridgehead atoms. The van der Waals surface area contributed by atoms with Crippen molar-refractivity contribution in [2.24, 2.45) is 0 Å². The van der Waals surface area contributed by atoms with Gasteiger partial charge in [0, 0.05) is 11.6 Å². The predicted octanol–water partition coefficient (Wildman–Crippen LogP) is 3.59. The van der Waals surface area contributed by atoms with E-state index in [0.717, 1.165) is 11.1 Å². The van der Waals surface area contributed by atoms with Gasteiger partial charge in [-0.05, 0) is 41.3 Å². The molecule has 0 saturated carbocycles. The molecule has 94 valence electrons. The standard InChI is InChI=1S/C15H16O3/c1-9(2)12-5-3-10(16)7-14(12)13-6-4-11(17)8-15(13)18/h3-9,16-18H,1-2H3. The summed E-state index contributed by atoms with van der Waals surface area (Å²) in [7, 11) is 0. The third-order valence-electron chi connectivity index (χ3n) is 2.93. The fourth-order valence-electron chi connectivity index (χ4n) is 2.03. The van der Waals surface area contributed by atoms with Gasteiger partial charge >= 0.3 is 0 Å². The molecular weight excluding hydrogens is 228 g/mol. The van der Waals surface area contributed by atoms with E-state index in [0.29, 0.717) is 5.56 Å². The Morgan fingerprint density at radius 1 is 0.778 bits per heavy atom. The molecule has 2 aromatic carbocycles. The summed E-state index contributed by atoms with van der Waals surface area (Å²) in [5.74, 6) is 0.445. The zero-order chi connectivity index (χ0) is 13.3. The molecule has 0 aliphatic heterocycles. The van der Waals surface area contributed by atoms with Crippen LogP contribution < -0.4 is 0 Å². The molecule has 3 N–H and O–H groups in total. The quantitative estimate of drug-likeness (QED) is 0.756. The Hall–Kier alpha value is -2.16. The van der Waals surface area contributed by atoms with Crippen LogP contribution in [0.3, 0.4) is 0 Å². The first-order valence-electron chi connectivity index (χ1n) is 5.84. The fraction of sp³-hybridized carbons (Fsp3) is 0.200. The van der Waals surface area contributed by atoms with E-state index in [1.807, 2.05) is 19.9 Å². The van der Waals surface area contributed by atoms with Gasteiger partial charge < -0.3 is 15.3 Å². The molecule has 0 aliphatic carbocycles. The molecule has 0 fully saturated rings. The molecular formula is C15H16O3. The van der Waals surface area contributed by atoms with E-state index in [9.17, 15) is 15.3 Å². The van der Waals surface area contributed by atoms with Gasteiger partial charge in [-0.2, -0.15) is 0 Å². The van der Waals surface area contributed by atoms with E-state index < -0.39 is 0 Å². The minimum Gasteiger partial charge on any atom is -0.508 e. The van der Waals surface area contributed by atoms with Gasteiger partial charge in [-0.25, -0.2) is 0 Å². The van der Waals surface area contributed by atoms with Crippen LogP contribution in [-0.4, -0.2) is 15.3 Å². The first kappa shape index (κ1) is 12.3. The van der Waals surface area contributed by atoms with Crippen molar-refractivity contribution in [3.8, 4) is 28.4 Å². The first-order valence-corrected chi connectivity index (χ1v) is 5.84. The summed E-state index contributed by atoms with van der Waals surface area (Å²) in [5, 5.41) is 28.8. The molecule has 0 aliphatic rings. The van der Waals surface area contributed by atoms with Crippen molar-refractivity contribution in [1.29, 1.82) is 0 Å². The van der Waals surface area contributed by atoms with Crippen molar-refractivity contribution in [2.45, 2.75) is 19.8 Å². The van der Waals surface area contributed by atoms with Gasteiger partial charge in [0.15, 0.2) is 0 Å². The first-order chi connectivity index (χ1) is 8.49. The highest BCUT2D eigenvalue weighted by atomic mass is 16.3. The molecule has 0 atom stereocenters. The minimum absolute atomic E-state index is 0.00231. The maximum atomic E-state index is 9.90. The van der Waals surface area contributed by atoms with E-state index in [1.54, 1.807) is 18.2 Å². The monoisotopic (exact) mass is 244 g/mol. The number of benzene rings is 2. The van der Waals surface area contributed by atoms with E-state index >= 15 is 0 Å². The smallest absolute Gasteiger partial charge is 0.127 e. The second kappa shape index (κ2) is 4.61. The molecule has 3 heteroatoms. The van der Waals surface area contributed by atoms with Crippen LogP contribution in [0.2, 0.25) is 0 Å². The van der Waals surface area contributed by atoms with Crippen LogP contribution in [0, 0.1) is 0 Å². The van der Waals surface area contributed by atoms with E-state index in [-0.39, 0.29) is 23.2 Å². The van der Waals surface area contributed by atoms with E-state index in [4.69, 9.17) is 0 Å². The summed E-state index contributed by atoms with van der Waals surface area (Å²) in [6.45, 7) is 4.10. The summed E-state index contributed by atoms with van der Waals surface area (Å²) in [6, 6.07) is 9.57. The van der Waals surface area contributed by atoms with Crippen LogP contribution in [0.4, 0.5) is 0 Å². The molecule has 18 heavy (non-hydrogen) atoms. The number of rotatable bonds is 2. The highest BCUT2D eigenvalue weighted by molar-refractivity contribution is 5.75. The summed E-state index contributed by atoms with van der Waals surface area (Å²) in [6.07, 6.45) is 0. The van der Waals surface area contributed by atoms with Gasteiger partial charge in [-0.3, -0.25) is 0 Å². The Labute approximate surface area is 106 Å². The van der Waals surface area contributed by atoms with Crippen molar-refractivity contribution >= 4 is 0 Å². The molecule has 2 aromatic rings. The molecule has 0 heterocycles. The average molecular weight is 244 g/mol. The number of phenolic OH excluding ortho intramolecular Hbond substituents is 3. The summed E-state index contributed by atoms with van der Waals surface area (Å²) < 4.78 is 0. The normalized spacial score (nSPS) is 10.8. The van der Waals surface area contributed by atoms with Gasteiger partial charge in [0.1, 0.15) is 17.2 Å². The third-order valence-corrected chi connectivity index (χ3v) is 2.93. The lowest BCUT2D eigenvalue weighted by molar-refractivity contribution is 0.452. The SMILES string of the molecule is CC(C)c1ccc(O)cc1-c1ccc(O)cc1O. The maximum Gasteiger partial charge on any atom is 0.127 e. The largest absolute Gasteiger partial charge is 0.508 e. The Balaban J connectivity index is 2.65. The van der Waals surface area contributed by atoms with Crippen molar-refractivity contribution in [2.75, 3.05) is 0 Å². The Morgan fingerprint density at radius 2 is 1.39 bits per heavy atom. The van der Waals surface area contributed by atoms with Crippen LogP contribution in [0.5, 0.6) is 17.2 Å². The van der Waals surface area contributed by atoms with E-state index in [1.165, 1.54) is 12.1 Å². The molecule has 0 spiro atoms. The van der Waals surface area contributed by atoms with Gasteiger partial charge in [0.25, 0.3) is 0 Å². The second-order valence-electron chi connectivity index (χ2n) is 4.63. The Bertz CT molecular complexity index is 574. The van der Waals surface area contributed by atoms with Crippen LogP contribution in [-0.2, 0) is 0 Å². The lowest BCUT2D eigenvalue weighted by Crippen LogP contribution is -1.92. The lowest BCUT2D eigenvalue weighted by atomic mass is 9.92. The van der Waals surface area contributed by atoms with Gasteiger partial charge in [0.05, 0.1) is 0 Å². The van der Waals surface area contributed by atoms with Gasteiger partial charge in [0.2, 0.25) is 0 Å². The predicted molar refractivity (Wildman–Crippen MR) is 71.0 cm³/mol. The summed E-state index contributed by atoms with van der Waals surface area (Å²) in [5.41, 5.74) is 2.42. The lowest BCUT2D eigenvalue weighted by Gasteiger charge is -2.14. The van der Waals surface area contributed by atoms with E-state index in [2.05, 4.69) is 0 Å². The number of phenols is 3. The highest BCUT2D eigenvalue weighted by Gasteiger charge is 2.13. The maximum absolute atomic E-state index is 9.90. The van der Waals surface area contributed by atoms with Gasteiger partial charge in [-0.15, -0.1) is 0 Å². The minimum atomic E-state index is 0.00231. The van der Waals surface area contributed by atoms with Gasteiger partial charge in [-0.1, -0.05) is 19.9 Å². The van der Waals surface area contributed by atoms with Crippen LogP contribution >= 0.6 is 0 Å². The van der Waals surface area contributed by atoms with Crippen molar-refractivity contribution in [3.05, 3.63) is 42.0 Å². The van der Waals surface area contributed by atoms with Crippen molar-refractivity contribution < 1.29 is 15.3 Å². The molecule has 0 saturated heterocycles. The number of aromatic hydroxyl groups is 3. The number of hydrogen-bond donors (Lipinski definition) is 3. The zero-order valence-corrected chi connectivity index (χ0v) is 10.4. The highest BCUT2D eigenvalue weighted by Crippen LogP contribution is 2.38. The summed E-state index contributed by atoms with van der Waals surface area (Å²) in [4.78, 5) is 0. The topological polar surface area (TPSA) is 60.7 Å². The molecule has 3 nitrogen and oxygen atoms in total. The van der Waals surface area contributed by atoms with Crippen LogP contribution in [0.1, 0.15) is 25.3 Å². The molecule has 0 amide bonds.